The summed E-state index contributed by atoms with van der Waals surface area (Å²) < 4.78 is 29.2. The van der Waals surface area contributed by atoms with Crippen molar-refractivity contribution >= 4 is 26.7 Å². The Labute approximate surface area is 168 Å². The Balaban J connectivity index is 1.45. The number of aryl methyl sites for hydroxylation is 1. The van der Waals surface area contributed by atoms with E-state index in [1.807, 2.05) is 31.3 Å². The monoisotopic (exact) mass is 415 g/mol. The molecule has 0 N–H and O–H groups in total. The average molecular weight is 415 g/mol. The van der Waals surface area contributed by atoms with E-state index < -0.39 is 14.9 Å². The molecular formula is C19H21N5O4S. The van der Waals surface area contributed by atoms with E-state index in [1.165, 1.54) is 22.5 Å². The van der Waals surface area contributed by atoms with Crippen LogP contribution in [-0.4, -0.2) is 58.3 Å². The zero-order valence-electron chi connectivity index (χ0n) is 15.9. The number of benzene rings is 2. The maximum atomic E-state index is 12.9. The van der Waals surface area contributed by atoms with Crippen molar-refractivity contribution in [1.29, 1.82) is 0 Å². The van der Waals surface area contributed by atoms with Crippen LogP contribution in [-0.2, 0) is 23.6 Å². The smallest absolute Gasteiger partial charge is 0.270 e. The molecule has 1 fully saturated rings. The number of aromatic nitrogens is 2. The molecule has 1 aromatic heterocycles. The van der Waals surface area contributed by atoms with E-state index in [0.29, 0.717) is 32.7 Å². The minimum absolute atomic E-state index is 0.0458. The Bertz CT molecular complexity index is 1170. The van der Waals surface area contributed by atoms with Crippen molar-refractivity contribution in [3.8, 4) is 0 Å². The molecule has 4 rings (SSSR count). The summed E-state index contributed by atoms with van der Waals surface area (Å²) in [5, 5.41) is 10.9. The van der Waals surface area contributed by atoms with Crippen molar-refractivity contribution in [1.82, 2.24) is 18.8 Å². The number of fused-ring (bicyclic) bond motifs is 1. The molecule has 0 radical (unpaired) electrons. The van der Waals surface area contributed by atoms with Gasteiger partial charge in [0.1, 0.15) is 5.82 Å². The predicted molar refractivity (Wildman–Crippen MR) is 108 cm³/mol. The van der Waals surface area contributed by atoms with E-state index in [0.717, 1.165) is 22.9 Å². The topological polar surface area (TPSA) is 102 Å². The van der Waals surface area contributed by atoms with Crippen LogP contribution in [0.3, 0.4) is 0 Å². The summed E-state index contributed by atoms with van der Waals surface area (Å²) in [6.45, 7) is 2.43. The number of hydrogen-bond acceptors (Lipinski definition) is 6. The van der Waals surface area contributed by atoms with Gasteiger partial charge in [0.05, 0.1) is 27.4 Å². The Hall–Kier alpha value is -2.82. The van der Waals surface area contributed by atoms with Gasteiger partial charge in [-0.2, -0.15) is 4.31 Å². The first-order valence-electron chi connectivity index (χ1n) is 9.23. The molecule has 0 unspecified atom stereocenters. The molecule has 0 spiro atoms. The van der Waals surface area contributed by atoms with Gasteiger partial charge in [0, 0.05) is 45.4 Å². The van der Waals surface area contributed by atoms with Crippen LogP contribution in [0.4, 0.5) is 5.69 Å². The Kier molecular flexibility index (Phi) is 5.07. The average Bonchev–Trinajstić information content (AvgIpc) is 3.04. The summed E-state index contributed by atoms with van der Waals surface area (Å²) in [6, 6.07) is 13.1. The van der Waals surface area contributed by atoms with Gasteiger partial charge in [0.15, 0.2) is 0 Å². The summed E-state index contributed by atoms with van der Waals surface area (Å²) >= 11 is 0. The van der Waals surface area contributed by atoms with Crippen molar-refractivity contribution in [3.05, 3.63) is 64.5 Å². The highest BCUT2D eigenvalue weighted by molar-refractivity contribution is 7.89. The summed E-state index contributed by atoms with van der Waals surface area (Å²) in [6.07, 6.45) is 0. The number of imidazole rings is 1. The lowest BCUT2D eigenvalue weighted by atomic mass is 10.3. The lowest BCUT2D eigenvalue weighted by molar-refractivity contribution is -0.385. The van der Waals surface area contributed by atoms with Crippen LogP contribution in [0, 0.1) is 10.1 Å². The van der Waals surface area contributed by atoms with Gasteiger partial charge in [-0.1, -0.05) is 18.2 Å². The Morgan fingerprint density at radius 3 is 2.48 bits per heavy atom. The number of para-hydroxylation sites is 2. The van der Waals surface area contributed by atoms with Crippen LogP contribution in [0.2, 0.25) is 0 Å². The van der Waals surface area contributed by atoms with E-state index >= 15 is 0 Å². The molecule has 0 amide bonds. The van der Waals surface area contributed by atoms with E-state index in [4.69, 9.17) is 0 Å². The van der Waals surface area contributed by atoms with Gasteiger partial charge in [-0.3, -0.25) is 15.0 Å². The zero-order chi connectivity index (χ0) is 20.6. The highest BCUT2D eigenvalue weighted by Gasteiger charge is 2.30. The van der Waals surface area contributed by atoms with Crippen LogP contribution < -0.4 is 0 Å². The third kappa shape index (κ3) is 3.74. The highest BCUT2D eigenvalue weighted by Crippen LogP contribution is 2.23. The maximum Gasteiger partial charge on any atom is 0.270 e. The molecule has 152 valence electrons. The second kappa shape index (κ2) is 7.54. The molecule has 2 heterocycles. The summed E-state index contributed by atoms with van der Waals surface area (Å²) in [5.41, 5.74) is 1.78. The largest absolute Gasteiger partial charge is 0.330 e. The summed E-state index contributed by atoms with van der Waals surface area (Å²) in [5.74, 6) is 0.932. The molecule has 2 aromatic carbocycles. The van der Waals surface area contributed by atoms with Crippen molar-refractivity contribution < 1.29 is 13.3 Å². The first kappa shape index (κ1) is 19.5. The lowest BCUT2D eigenvalue weighted by Crippen LogP contribution is -2.48. The number of nitrogens with zero attached hydrogens (tertiary/aromatic N) is 5. The Morgan fingerprint density at radius 2 is 1.79 bits per heavy atom. The van der Waals surface area contributed by atoms with Crippen LogP contribution in [0.25, 0.3) is 11.0 Å². The van der Waals surface area contributed by atoms with Crippen LogP contribution >= 0.6 is 0 Å². The molecular weight excluding hydrogens is 394 g/mol. The number of nitro groups is 1. The van der Waals surface area contributed by atoms with Crippen molar-refractivity contribution in [2.75, 3.05) is 26.2 Å². The Morgan fingerprint density at radius 1 is 1.07 bits per heavy atom. The second-order valence-corrected chi connectivity index (χ2v) is 8.95. The van der Waals surface area contributed by atoms with Gasteiger partial charge in [0.25, 0.3) is 5.69 Å². The molecule has 0 atom stereocenters. The van der Waals surface area contributed by atoms with Gasteiger partial charge in [-0.25, -0.2) is 13.4 Å². The standard InChI is InChI=1S/C19H21N5O4S/c1-21-18-8-3-2-7-17(18)20-19(21)14-22-9-11-23(12-10-22)29(27,28)16-6-4-5-15(13-16)24(25)26/h2-8,13H,9-12,14H2,1H3. The summed E-state index contributed by atoms with van der Waals surface area (Å²) in [7, 11) is -1.78. The first-order valence-corrected chi connectivity index (χ1v) is 10.7. The third-order valence-corrected chi connectivity index (χ3v) is 7.14. The van der Waals surface area contributed by atoms with Gasteiger partial charge < -0.3 is 4.57 Å². The molecule has 1 aliphatic heterocycles. The van der Waals surface area contributed by atoms with Gasteiger partial charge >= 0.3 is 0 Å². The molecule has 3 aromatic rings. The van der Waals surface area contributed by atoms with Crippen LogP contribution in [0.15, 0.2) is 53.4 Å². The van der Waals surface area contributed by atoms with E-state index in [1.54, 1.807) is 0 Å². The summed E-state index contributed by atoms with van der Waals surface area (Å²) in [4.78, 5) is 17.2. The molecule has 10 heteroatoms. The van der Waals surface area contributed by atoms with Gasteiger partial charge in [-0.05, 0) is 18.2 Å². The van der Waals surface area contributed by atoms with Gasteiger partial charge in [-0.15, -0.1) is 0 Å². The molecule has 0 aliphatic carbocycles. The number of piperazine rings is 1. The fourth-order valence-electron chi connectivity index (χ4n) is 3.57. The number of sulfonamides is 1. The van der Waals surface area contributed by atoms with Crippen LogP contribution in [0.5, 0.6) is 0 Å². The first-order chi connectivity index (χ1) is 13.9. The van der Waals surface area contributed by atoms with Crippen molar-refractivity contribution in [2.45, 2.75) is 11.4 Å². The highest BCUT2D eigenvalue weighted by atomic mass is 32.2. The van der Waals surface area contributed by atoms with E-state index in [-0.39, 0.29) is 10.6 Å². The molecule has 1 aliphatic rings. The quantitative estimate of drug-likeness (QED) is 0.467. The minimum Gasteiger partial charge on any atom is -0.330 e. The molecule has 0 saturated carbocycles. The molecule has 1 saturated heterocycles. The normalized spacial score (nSPS) is 16.3. The number of hydrogen-bond donors (Lipinski definition) is 0. The number of rotatable bonds is 5. The van der Waals surface area contributed by atoms with E-state index in [2.05, 4.69) is 14.5 Å². The zero-order valence-corrected chi connectivity index (χ0v) is 16.7. The molecule has 0 bridgehead atoms. The minimum atomic E-state index is -3.76. The third-order valence-electron chi connectivity index (χ3n) is 5.24. The van der Waals surface area contributed by atoms with Crippen molar-refractivity contribution in [3.63, 3.8) is 0 Å². The predicted octanol–water partition coefficient (Wildman–Crippen LogP) is 1.99. The lowest BCUT2D eigenvalue weighted by Gasteiger charge is -2.33. The second-order valence-electron chi connectivity index (χ2n) is 7.01. The number of nitro benzene ring substituents is 1. The number of non-ortho nitro benzene ring substituents is 1. The SMILES string of the molecule is Cn1c(CN2CCN(S(=O)(=O)c3cccc([N+](=O)[O-])c3)CC2)nc2ccccc21. The van der Waals surface area contributed by atoms with Crippen LogP contribution in [0.1, 0.15) is 5.82 Å². The molecule has 29 heavy (non-hydrogen) atoms. The maximum absolute atomic E-state index is 12.9. The van der Waals surface area contributed by atoms with Crippen molar-refractivity contribution in [2.24, 2.45) is 7.05 Å². The fourth-order valence-corrected chi connectivity index (χ4v) is 5.03. The van der Waals surface area contributed by atoms with E-state index in [9.17, 15) is 18.5 Å². The van der Waals surface area contributed by atoms with Gasteiger partial charge in [0.2, 0.25) is 10.0 Å². The molecule has 9 nitrogen and oxygen atoms in total. The fraction of sp³-hybridized carbons (Fsp3) is 0.316.